The first-order valence-electron chi connectivity index (χ1n) is 9.41. The van der Waals surface area contributed by atoms with E-state index in [0.717, 1.165) is 0 Å². The molecule has 9 nitrogen and oxygen atoms in total. The van der Waals surface area contributed by atoms with Crippen molar-refractivity contribution < 1.29 is 44.6 Å². The highest BCUT2D eigenvalue weighted by atomic mass is 16.7. The van der Waals surface area contributed by atoms with Gasteiger partial charge in [0.1, 0.15) is 24.4 Å². The minimum atomic E-state index is -1.52. The Morgan fingerprint density at radius 2 is 1.96 bits per heavy atom. The van der Waals surface area contributed by atoms with Crippen LogP contribution in [-0.4, -0.2) is 80.7 Å². The molecule has 0 radical (unpaired) electrons. The van der Waals surface area contributed by atoms with Crippen molar-refractivity contribution in [3.05, 3.63) is 11.6 Å². The minimum Gasteiger partial charge on any atom is -0.481 e. The second-order valence-electron chi connectivity index (χ2n) is 8.03. The molecule has 1 heterocycles. The summed E-state index contributed by atoms with van der Waals surface area (Å²) >= 11 is 0. The molecule has 0 aromatic rings. The van der Waals surface area contributed by atoms with Crippen molar-refractivity contribution in [3.63, 3.8) is 0 Å². The molecule has 0 spiro atoms. The van der Waals surface area contributed by atoms with Gasteiger partial charge in [-0.2, -0.15) is 0 Å². The van der Waals surface area contributed by atoms with E-state index in [0.29, 0.717) is 18.4 Å². The second-order valence-corrected chi connectivity index (χ2v) is 8.03. The van der Waals surface area contributed by atoms with Gasteiger partial charge in [-0.05, 0) is 45.6 Å². The van der Waals surface area contributed by atoms with Crippen LogP contribution in [-0.2, 0) is 19.1 Å². The maximum absolute atomic E-state index is 11.8. The van der Waals surface area contributed by atoms with Gasteiger partial charge in [0.15, 0.2) is 12.1 Å². The molecule has 1 saturated heterocycles. The number of rotatable bonds is 7. The lowest BCUT2D eigenvalue weighted by Gasteiger charge is -2.41. The molecular weight excluding hydrogens is 372 g/mol. The third-order valence-electron chi connectivity index (χ3n) is 5.81. The van der Waals surface area contributed by atoms with Crippen LogP contribution in [0.4, 0.5) is 0 Å². The van der Waals surface area contributed by atoms with Crippen LogP contribution in [0.5, 0.6) is 0 Å². The molecule has 0 saturated carbocycles. The van der Waals surface area contributed by atoms with E-state index >= 15 is 0 Å². The molecule has 0 aromatic heterocycles. The van der Waals surface area contributed by atoms with Gasteiger partial charge in [-0.25, -0.2) is 0 Å². The Morgan fingerprint density at radius 1 is 1.32 bits per heavy atom. The van der Waals surface area contributed by atoms with Crippen LogP contribution < -0.4 is 0 Å². The maximum Gasteiger partial charge on any atom is 0.310 e. The predicted octanol–water partition coefficient (Wildman–Crippen LogP) is -0.402. The summed E-state index contributed by atoms with van der Waals surface area (Å²) in [6.07, 6.45) is -4.94. The van der Waals surface area contributed by atoms with Crippen LogP contribution in [0.1, 0.15) is 40.0 Å². The topological polar surface area (TPSA) is 154 Å². The van der Waals surface area contributed by atoms with Crippen molar-refractivity contribution in [2.24, 2.45) is 11.3 Å². The number of aliphatic hydroxyl groups excluding tert-OH is 4. The molecule has 28 heavy (non-hydrogen) atoms. The summed E-state index contributed by atoms with van der Waals surface area (Å²) in [5.41, 5.74) is -0.486. The summed E-state index contributed by atoms with van der Waals surface area (Å²) in [6, 6.07) is 0. The van der Waals surface area contributed by atoms with E-state index in [9.17, 15) is 35.1 Å². The zero-order valence-electron chi connectivity index (χ0n) is 16.3. The number of hydrogen-bond donors (Lipinski definition) is 5. The number of aliphatic hydroxyl groups is 4. The van der Waals surface area contributed by atoms with E-state index in [4.69, 9.17) is 9.47 Å². The number of carboxylic acids is 1. The summed E-state index contributed by atoms with van der Waals surface area (Å²) in [5.74, 6) is -1.58. The first-order chi connectivity index (χ1) is 13.0. The lowest BCUT2D eigenvalue weighted by Crippen LogP contribution is -2.59. The molecule has 2 aliphatic rings. The van der Waals surface area contributed by atoms with Crippen molar-refractivity contribution in [2.75, 3.05) is 6.61 Å². The van der Waals surface area contributed by atoms with Crippen LogP contribution in [0.3, 0.4) is 0 Å². The van der Waals surface area contributed by atoms with Gasteiger partial charge in [-0.15, -0.1) is 0 Å². The van der Waals surface area contributed by atoms with Crippen LogP contribution in [0.25, 0.3) is 0 Å². The smallest absolute Gasteiger partial charge is 0.310 e. The van der Waals surface area contributed by atoms with Gasteiger partial charge in [0, 0.05) is 6.42 Å². The van der Waals surface area contributed by atoms with Crippen LogP contribution in [0.2, 0.25) is 0 Å². The van der Waals surface area contributed by atoms with Gasteiger partial charge in [0.25, 0.3) is 0 Å². The average molecular weight is 402 g/mol. The Bertz CT molecular complexity index is 617. The highest BCUT2D eigenvalue weighted by molar-refractivity contribution is 5.96. The van der Waals surface area contributed by atoms with Crippen LogP contribution in [0, 0.1) is 11.3 Å². The molecule has 1 aliphatic heterocycles. The normalized spacial score (nSPS) is 40.1. The molecule has 1 fully saturated rings. The Morgan fingerprint density at radius 3 is 2.54 bits per heavy atom. The zero-order valence-corrected chi connectivity index (χ0v) is 16.3. The number of allylic oxidation sites excluding steroid dienone is 2. The Hall–Kier alpha value is -1.36. The number of ketones is 1. The summed E-state index contributed by atoms with van der Waals surface area (Å²) < 4.78 is 11.0. The van der Waals surface area contributed by atoms with Crippen molar-refractivity contribution in [1.82, 2.24) is 0 Å². The number of aliphatic carboxylic acids is 1. The Kier molecular flexibility index (Phi) is 7.35. The molecule has 9 heteroatoms. The zero-order chi connectivity index (χ0) is 21.2. The van der Waals surface area contributed by atoms with Crippen LogP contribution >= 0.6 is 0 Å². The minimum absolute atomic E-state index is 0.0632. The summed E-state index contributed by atoms with van der Waals surface area (Å²) in [7, 11) is 0. The molecule has 160 valence electrons. The first-order valence-corrected chi connectivity index (χ1v) is 9.41. The standard InChI is InChI=1S/C19H30O9/c1-9-6-11(21)7-19(3,18(25)26)12(9)5-4-10(2)27-17-16(24)15(23)14(22)13(8-20)28-17/h6,10,12-17,20,22-24H,4-5,7-8H2,1-3H3,(H,25,26). The lowest BCUT2D eigenvalue weighted by molar-refractivity contribution is -0.310. The quantitative estimate of drug-likeness (QED) is 0.382. The highest BCUT2D eigenvalue weighted by Gasteiger charge is 2.47. The fourth-order valence-electron chi connectivity index (χ4n) is 4.04. The van der Waals surface area contributed by atoms with Gasteiger partial charge in [-0.3, -0.25) is 9.59 Å². The Balaban J connectivity index is 2.01. The number of hydrogen-bond acceptors (Lipinski definition) is 8. The summed E-state index contributed by atoms with van der Waals surface area (Å²) in [5, 5.41) is 48.5. The van der Waals surface area contributed by atoms with Gasteiger partial charge in [-0.1, -0.05) is 5.57 Å². The number of carbonyl (C=O) groups excluding carboxylic acids is 1. The van der Waals surface area contributed by atoms with E-state index in [2.05, 4.69) is 0 Å². The van der Waals surface area contributed by atoms with E-state index in [1.54, 1.807) is 20.8 Å². The van der Waals surface area contributed by atoms with Crippen molar-refractivity contribution in [3.8, 4) is 0 Å². The van der Waals surface area contributed by atoms with Gasteiger partial charge < -0.3 is 35.0 Å². The SMILES string of the molecule is CC1=CC(=O)CC(C)(C(=O)O)C1CCC(C)OC1OC(CO)C(O)C(O)C1O. The number of carboxylic acid groups (broad SMARTS) is 1. The van der Waals surface area contributed by atoms with E-state index in [1.807, 2.05) is 0 Å². The van der Waals surface area contributed by atoms with E-state index in [-0.39, 0.29) is 18.1 Å². The highest BCUT2D eigenvalue weighted by Crippen LogP contribution is 2.43. The molecule has 1 aliphatic carbocycles. The van der Waals surface area contributed by atoms with Gasteiger partial charge in [0.2, 0.25) is 0 Å². The monoisotopic (exact) mass is 402 g/mol. The molecule has 5 N–H and O–H groups in total. The molecule has 0 bridgehead atoms. The first kappa shape index (κ1) is 22.9. The van der Waals surface area contributed by atoms with Gasteiger partial charge in [0.05, 0.1) is 18.1 Å². The second kappa shape index (κ2) is 8.98. The number of ether oxygens (including phenoxy) is 2. The van der Waals surface area contributed by atoms with Crippen molar-refractivity contribution >= 4 is 11.8 Å². The molecular formula is C19H30O9. The maximum atomic E-state index is 11.8. The molecule has 0 aromatic carbocycles. The fourth-order valence-corrected chi connectivity index (χ4v) is 4.04. The molecule has 2 rings (SSSR count). The van der Waals surface area contributed by atoms with Crippen molar-refractivity contribution in [1.29, 1.82) is 0 Å². The Labute approximate surface area is 163 Å². The predicted molar refractivity (Wildman–Crippen MR) is 96.2 cm³/mol. The summed E-state index contributed by atoms with van der Waals surface area (Å²) in [6.45, 7) is 4.48. The summed E-state index contributed by atoms with van der Waals surface area (Å²) in [4.78, 5) is 23.6. The average Bonchev–Trinajstić information content (AvgIpc) is 2.61. The van der Waals surface area contributed by atoms with E-state index < -0.39 is 54.8 Å². The van der Waals surface area contributed by atoms with Gasteiger partial charge >= 0.3 is 5.97 Å². The fraction of sp³-hybridized carbons (Fsp3) is 0.789. The third-order valence-corrected chi connectivity index (χ3v) is 5.81. The molecule has 8 atom stereocenters. The number of carbonyl (C=O) groups is 2. The largest absolute Gasteiger partial charge is 0.481 e. The van der Waals surface area contributed by atoms with E-state index in [1.165, 1.54) is 6.08 Å². The van der Waals surface area contributed by atoms with Crippen LogP contribution in [0.15, 0.2) is 11.6 Å². The lowest BCUT2D eigenvalue weighted by atomic mass is 9.65. The molecule has 0 amide bonds. The third kappa shape index (κ3) is 4.61. The van der Waals surface area contributed by atoms with Crippen molar-refractivity contribution in [2.45, 2.75) is 76.8 Å². The molecule has 8 unspecified atom stereocenters.